The molecule has 100 valence electrons. The Morgan fingerprint density at radius 2 is 2.06 bits per heavy atom. The molecule has 1 aromatic rings. The minimum atomic E-state index is 0.790. The SMILES string of the molecule is Cc1ccc(CN(C)CCCC2CCCN2)cc1. The van der Waals surface area contributed by atoms with Crippen molar-refractivity contribution in [2.75, 3.05) is 20.1 Å². The van der Waals surface area contributed by atoms with Crippen LogP contribution in [0.3, 0.4) is 0 Å². The lowest BCUT2D eigenvalue weighted by atomic mass is 10.1. The van der Waals surface area contributed by atoms with Crippen LogP contribution in [-0.4, -0.2) is 31.1 Å². The molecular formula is C16H26N2. The summed E-state index contributed by atoms with van der Waals surface area (Å²) < 4.78 is 0. The van der Waals surface area contributed by atoms with Crippen molar-refractivity contribution in [2.24, 2.45) is 0 Å². The highest BCUT2D eigenvalue weighted by Crippen LogP contribution is 2.12. The summed E-state index contributed by atoms with van der Waals surface area (Å²) >= 11 is 0. The van der Waals surface area contributed by atoms with Gasteiger partial charge < -0.3 is 10.2 Å². The molecule has 0 saturated carbocycles. The van der Waals surface area contributed by atoms with Crippen LogP contribution < -0.4 is 5.32 Å². The van der Waals surface area contributed by atoms with Gasteiger partial charge in [0.15, 0.2) is 0 Å². The second-order valence-electron chi connectivity index (χ2n) is 5.66. The van der Waals surface area contributed by atoms with E-state index in [0.29, 0.717) is 0 Å². The summed E-state index contributed by atoms with van der Waals surface area (Å²) in [5, 5.41) is 3.57. The Kier molecular flexibility index (Phi) is 5.21. The topological polar surface area (TPSA) is 15.3 Å². The Balaban J connectivity index is 1.65. The third-order valence-corrected chi connectivity index (χ3v) is 3.83. The molecule has 0 aliphatic carbocycles. The Labute approximate surface area is 111 Å². The predicted molar refractivity (Wildman–Crippen MR) is 77.8 cm³/mol. The third kappa shape index (κ3) is 4.43. The molecule has 1 aliphatic heterocycles. The van der Waals surface area contributed by atoms with Gasteiger partial charge in [-0.25, -0.2) is 0 Å². The van der Waals surface area contributed by atoms with Crippen LogP contribution in [0.15, 0.2) is 24.3 Å². The molecule has 0 amide bonds. The lowest BCUT2D eigenvalue weighted by Crippen LogP contribution is -2.24. The maximum absolute atomic E-state index is 3.57. The van der Waals surface area contributed by atoms with Crippen LogP contribution in [0.1, 0.15) is 36.8 Å². The molecule has 1 aliphatic rings. The van der Waals surface area contributed by atoms with E-state index in [0.717, 1.165) is 12.6 Å². The maximum atomic E-state index is 3.57. The first-order valence-corrected chi connectivity index (χ1v) is 7.21. The van der Waals surface area contributed by atoms with Crippen molar-refractivity contribution in [1.29, 1.82) is 0 Å². The van der Waals surface area contributed by atoms with E-state index in [-0.39, 0.29) is 0 Å². The van der Waals surface area contributed by atoms with E-state index in [9.17, 15) is 0 Å². The highest BCUT2D eigenvalue weighted by atomic mass is 15.1. The molecule has 2 rings (SSSR count). The average Bonchev–Trinajstić information content (AvgIpc) is 2.85. The summed E-state index contributed by atoms with van der Waals surface area (Å²) in [6.45, 7) is 5.64. The summed E-state index contributed by atoms with van der Waals surface area (Å²) in [5.41, 5.74) is 2.76. The van der Waals surface area contributed by atoms with Gasteiger partial charge in [-0.15, -0.1) is 0 Å². The molecule has 1 atom stereocenters. The molecule has 0 radical (unpaired) electrons. The third-order valence-electron chi connectivity index (χ3n) is 3.83. The molecule has 1 saturated heterocycles. The molecular weight excluding hydrogens is 220 g/mol. The molecule has 2 heteroatoms. The lowest BCUT2D eigenvalue weighted by molar-refractivity contribution is 0.311. The standard InChI is InChI=1S/C16H26N2/c1-14-7-9-15(10-8-14)13-18(2)12-4-6-16-5-3-11-17-16/h7-10,16-17H,3-6,11-13H2,1-2H3. The average molecular weight is 246 g/mol. The first-order valence-electron chi connectivity index (χ1n) is 7.21. The zero-order chi connectivity index (χ0) is 12.8. The first kappa shape index (κ1) is 13.6. The Morgan fingerprint density at radius 3 is 2.72 bits per heavy atom. The first-order chi connectivity index (χ1) is 8.74. The molecule has 1 fully saturated rings. The highest BCUT2D eigenvalue weighted by Gasteiger charge is 2.13. The van der Waals surface area contributed by atoms with Gasteiger partial charge in [-0.2, -0.15) is 0 Å². The van der Waals surface area contributed by atoms with Crippen LogP contribution in [0.2, 0.25) is 0 Å². The fourth-order valence-corrected chi connectivity index (χ4v) is 2.69. The van der Waals surface area contributed by atoms with Crippen LogP contribution in [0.5, 0.6) is 0 Å². The lowest BCUT2D eigenvalue weighted by Gasteiger charge is -2.18. The molecule has 0 bridgehead atoms. The summed E-state index contributed by atoms with van der Waals surface area (Å²) in [7, 11) is 2.22. The van der Waals surface area contributed by atoms with Gasteiger partial charge in [0, 0.05) is 12.6 Å². The molecule has 1 N–H and O–H groups in total. The van der Waals surface area contributed by atoms with E-state index < -0.39 is 0 Å². The van der Waals surface area contributed by atoms with Crippen molar-refractivity contribution in [3.05, 3.63) is 35.4 Å². The molecule has 1 unspecified atom stereocenters. The van der Waals surface area contributed by atoms with Crippen molar-refractivity contribution in [3.8, 4) is 0 Å². The smallest absolute Gasteiger partial charge is 0.0230 e. The quantitative estimate of drug-likeness (QED) is 0.830. The largest absolute Gasteiger partial charge is 0.314 e. The summed E-state index contributed by atoms with van der Waals surface area (Å²) in [6.07, 6.45) is 5.38. The van der Waals surface area contributed by atoms with E-state index in [1.54, 1.807) is 0 Å². The van der Waals surface area contributed by atoms with Gasteiger partial charge in [0.1, 0.15) is 0 Å². The molecule has 1 aromatic carbocycles. The van der Waals surface area contributed by atoms with Gasteiger partial charge >= 0.3 is 0 Å². The monoisotopic (exact) mass is 246 g/mol. The molecule has 0 spiro atoms. The van der Waals surface area contributed by atoms with E-state index in [2.05, 4.69) is 48.5 Å². The normalized spacial score (nSPS) is 19.6. The van der Waals surface area contributed by atoms with E-state index in [1.807, 2.05) is 0 Å². The zero-order valence-corrected chi connectivity index (χ0v) is 11.8. The Morgan fingerprint density at radius 1 is 1.28 bits per heavy atom. The number of nitrogens with zero attached hydrogens (tertiary/aromatic N) is 1. The van der Waals surface area contributed by atoms with Crippen LogP contribution in [-0.2, 0) is 6.54 Å². The van der Waals surface area contributed by atoms with Gasteiger partial charge in [0.05, 0.1) is 0 Å². The van der Waals surface area contributed by atoms with Crippen molar-refractivity contribution in [3.63, 3.8) is 0 Å². The van der Waals surface area contributed by atoms with Gasteiger partial charge in [-0.1, -0.05) is 29.8 Å². The van der Waals surface area contributed by atoms with E-state index in [1.165, 1.54) is 49.9 Å². The summed E-state index contributed by atoms with van der Waals surface area (Å²) in [4.78, 5) is 2.43. The van der Waals surface area contributed by atoms with E-state index >= 15 is 0 Å². The van der Waals surface area contributed by atoms with Crippen LogP contribution >= 0.6 is 0 Å². The van der Waals surface area contributed by atoms with Crippen molar-refractivity contribution in [1.82, 2.24) is 10.2 Å². The van der Waals surface area contributed by atoms with Crippen molar-refractivity contribution >= 4 is 0 Å². The summed E-state index contributed by atoms with van der Waals surface area (Å²) in [6, 6.07) is 9.67. The fourth-order valence-electron chi connectivity index (χ4n) is 2.69. The number of nitrogens with one attached hydrogen (secondary N) is 1. The maximum Gasteiger partial charge on any atom is 0.0230 e. The van der Waals surface area contributed by atoms with Gasteiger partial charge in [0.25, 0.3) is 0 Å². The minimum Gasteiger partial charge on any atom is -0.314 e. The molecule has 18 heavy (non-hydrogen) atoms. The number of rotatable bonds is 6. The van der Waals surface area contributed by atoms with Crippen molar-refractivity contribution in [2.45, 2.75) is 45.2 Å². The van der Waals surface area contributed by atoms with Crippen LogP contribution in [0.25, 0.3) is 0 Å². The van der Waals surface area contributed by atoms with Crippen molar-refractivity contribution < 1.29 is 0 Å². The highest BCUT2D eigenvalue weighted by molar-refractivity contribution is 5.21. The fraction of sp³-hybridized carbons (Fsp3) is 0.625. The second kappa shape index (κ2) is 6.91. The Hall–Kier alpha value is -0.860. The summed E-state index contributed by atoms with van der Waals surface area (Å²) in [5.74, 6) is 0. The molecule has 0 aromatic heterocycles. The molecule has 1 heterocycles. The van der Waals surface area contributed by atoms with E-state index in [4.69, 9.17) is 0 Å². The Bertz CT molecular complexity index is 339. The second-order valence-corrected chi connectivity index (χ2v) is 5.66. The van der Waals surface area contributed by atoms with Gasteiger partial charge in [-0.3, -0.25) is 0 Å². The minimum absolute atomic E-state index is 0.790. The van der Waals surface area contributed by atoms with Crippen LogP contribution in [0, 0.1) is 6.92 Å². The number of hydrogen-bond donors (Lipinski definition) is 1. The predicted octanol–water partition coefficient (Wildman–Crippen LogP) is 2.96. The molecule has 2 nitrogen and oxygen atoms in total. The zero-order valence-electron chi connectivity index (χ0n) is 11.8. The van der Waals surface area contributed by atoms with Gasteiger partial charge in [0.2, 0.25) is 0 Å². The van der Waals surface area contributed by atoms with Gasteiger partial charge in [-0.05, 0) is 58.3 Å². The number of hydrogen-bond acceptors (Lipinski definition) is 2. The number of benzene rings is 1. The number of aryl methyl sites for hydroxylation is 1. The van der Waals surface area contributed by atoms with Crippen LogP contribution in [0.4, 0.5) is 0 Å².